The molecule has 0 aromatic carbocycles. The van der Waals surface area contributed by atoms with E-state index in [-0.39, 0.29) is 6.04 Å². The zero-order valence-electron chi connectivity index (χ0n) is 4.66. The van der Waals surface area contributed by atoms with Gasteiger partial charge < -0.3 is 10.3 Å². The Morgan fingerprint density at radius 1 is 1.88 bits per heavy atom. The molecule has 0 unspecified atom stereocenters. The molecule has 1 aromatic rings. The zero-order valence-corrected chi connectivity index (χ0v) is 4.66. The van der Waals surface area contributed by atoms with Crippen molar-refractivity contribution in [1.82, 2.24) is 5.16 Å². The van der Waals surface area contributed by atoms with E-state index in [1.807, 2.05) is 6.92 Å². The molecule has 0 saturated carbocycles. The molecule has 0 aliphatic heterocycles. The van der Waals surface area contributed by atoms with Crippen LogP contribution in [0.2, 0.25) is 0 Å². The standard InChI is InChI=1S/C5H8N2O/c1-4(6)5-2-3-7-8-5/h2-4H,6H2,1H3/t4-/m0/s1. The fourth-order valence-corrected chi connectivity index (χ4v) is 0.461. The molecule has 0 saturated heterocycles. The molecule has 1 atom stereocenters. The zero-order chi connectivity index (χ0) is 5.98. The van der Waals surface area contributed by atoms with E-state index in [0.29, 0.717) is 0 Å². The van der Waals surface area contributed by atoms with Gasteiger partial charge in [-0.1, -0.05) is 5.16 Å². The number of hydrogen-bond donors (Lipinski definition) is 1. The Kier molecular flexibility index (Phi) is 1.30. The van der Waals surface area contributed by atoms with Crippen molar-refractivity contribution in [3.8, 4) is 0 Å². The van der Waals surface area contributed by atoms with E-state index < -0.39 is 0 Å². The van der Waals surface area contributed by atoms with Gasteiger partial charge in [0.25, 0.3) is 0 Å². The summed E-state index contributed by atoms with van der Waals surface area (Å²) in [7, 11) is 0. The minimum absolute atomic E-state index is 0.0440. The second-order valence-corrected chi connectivity index (χ2v) is 1.70. The first-order valence-electron chi connectivity index (χ1n) is 2.47. The number of nitrogens with zero attached hydrogens (tertiary/aromatic N) is 1. The van der Waals surface area contributed by atoms with Gasteiger partial charge in [-0.2, -0.15) is 0 Å². The summed E-state index contributed by atoms with van der Waals surface area (Å²) in [6, 6.07) is 1.71. The van der Waals surface area contributed by atoms with Gasteiger partial charge in [0.1, 0.15) is 0 Å². The summed E-state index contributed by atoms with van der Waals surface area (Å²) < 4.78 is 4.72. The van der Waals surface area contributed by atoms with Crippen LogP contribution < -0.4 is 5.73 Å². The van der Waals surface area contributed by atoms with Gasteiger partial charge in [-0.15, -0.1) is 0 Å². The highest BCUT2D eigenvalue weighted by molar-refractivity contribution is 4.97. The van der Waals surface area contributed by atoms with Gasteiger partial charge >= 0.3 is 0 Å². The molecule has 0 amide bonds. The molecule has 8 heavy (non-hydrogen) atoms. The van der Waals surface area contributed by atoms with Crippen LogP contribution >= 0.6 is 0 Å². The minimum atomic E-state index is -0.0440. The van der Waals surface area contributed by atoms with Crippen molar-refractivity contribution < 1.29 is 4.52 Å². The molecular weight excluding hydrogens is 104 g/mol. The normalized spacial score (nSPS) is 13.8. The third kappa shape index (κ3) is 0.869. The summed E-state index contributed by atoms with van der Waals surface area (Å²) in [6.07, 6.45) is 1.58. The third-order valence-corrected chi connectivity index (χ3v) is 0.907. The molecular formula is C5H8N2O. The Morgan fingerprint density at radius 2 is 2.62 bits per heavy atom. The van der Waals surface area contributed by atoms with Crippen molar-refractivity contribution in [3.05, 3.63) is 18.0 Å². The molecule has 0 spiro atoms. The highest BCUT2D eigenvalue weighted by Gasteiger charge is 1.99. The summed E-state index contributed by atoms with van der Waals surface area (Å²) >= 11 is 0. The molecule has 0 aliphatic rings. The van der Waals surface area contributed by atoms with Gasteiger partial charge in [0, 0.05) is 6.07 Å². The lowest BCUT2D eigenvalue weighted by Gasteiger charge is -1.93. The van der Waals surface area contributed by atoms with Gasteiger partial charge in [0.2, 0.25) is 0 Å². The van der Waals surface area contributed by atoms with Crippen LogP contribution in [-0.4, -0.2) is 5.16 Å². The lowest BCUT2D eigenvalue weighted by atomic mass is 10.3. The molecule has 1 aromatic heterocycles. The Balaban J connectivity index is 2.77. The lowest BCUT2D eigenvalue weighted by molar-refractivity contribution is 0.367. The first-order valence-corrected chi connectivity index (χ1v) is 2.47. The molecule has 3 heteroatoms. The summed E-state index contributed by atoms with van der Waals surface area (Å²) in [4.78, 5) is 0. The van der Waals surface area contributed by atoms with Crippen LogP contribution in [0.5, 0.6) is 0 Å². The van der Waals surface area contributed by atoms with Crippen LogP contribution in [0.1, 0.15) is 18.7 Å². The summed E-state index contributed by atoms with van der Waals surface area (Å²) in [5.74, 6) is 0.727. The van der Waals surface area contributed by atoms with Gasteiger partial charge in [0.05, 0.1) is 12.2 Å². The van der Waals surface area contributed by atoms with Crippen molar-refractivity contribution in [1.29, 1.82) is 0 Å². The van der Waals surface area contributed by atoms with Crippen LogP contribution in [0.25, 0.3) is 0 Å². The number of hydrogen-bond acceptors (Lipinski definition) is 3. The predicted molar refractivity (Wildman–Crippen MR) is 29.1 cm³/mol. The van der Waals surface area contributed by atoms with Crippen molar-refractivity contribution in [3.63, 3.8) is 0 Å². The smallest absolute Gasteiger partial charge is 0.153 e. The average molecular weight is 112 g/mol. The number of nitrogens with two attached hydrogens (primary N) is 1. The fourth-order valence-electron chi connectivity index (χ4n) is 0.461. The topological polar surface area (TPSA) is 52.0 Å². The first kappa shape index (κ1) is 5.31. The van der Waals surface area contributed by atoms with Gasteiger partial charge in [-0.3, -0.25) is 0 Å². The third-order valence-electron chi connectivity index (χ3n) is 0.907. The molecule has 3 nitrogen and oxygen atoms in total. The quantitative estimate of drug-likeness (QED) is 0.581. The largest absolute Gasteiger partial charge is 0.360 e. The lowest BCUT2D eigenvalue weighted by Crippen LogP contribution is -2.02. The van der Waals surface area contributed by atoms with E-state index >= 15 is 0 Å². The van der Waals surface area contributed by atoms with E-state index in [2.05, 4.69) is 5.16 Å². The second kappa shape index (κ2) is 1.96. The van der Waals surface area contributed by atoms with E-state index in [1.54, 1.807) is 12.3 Å². The monoisotopic (exact) mass is 112 g/mol. The Labute approximate surface area is 47.5 Å². The van der Waals surface area contributed by atoms with E-state index in [0.717, 1.165) is 5.76 Å². The van der Waals surface area contributed by atoms with Crippen LogP contribution in [0.4, 0.5) is 0 Å². The highest BCUT2D eigenvalue weighted by Crippen LogP contribution is 2.05. The SMILES string of the molecule is C[C@H](N)c1ccno1. The molecule has 44 valence electrons. The summed E-state index contributed by atoms with van der Waals surface area (Å²) in [6.45, 7) is 1.85. The second-order valence-electron chi connectivity index (χ2n) is 1.70. The average Bonchev–Trinajstić information content (AvgIpc) is 2.12. The van der Waals surface area contributed by atoms with Crippen LogP contribution in [0, 0.1) is 0 Å². The maximum absolute atomic E-state index is 5.42. The Hall–Kier alpha value is -0.830. The maximum Gasteiger partial charge on any atom is 0.153 e. The minimum Gasteiger partial charge on any atom is -0.360 e. The summed E-state index contributed by atoms with van der Waals surface area (Å²) in [5.41, 5.74) is 5.42. The molecule has 0 radical (unpaired) electrons. The number of aromatic nitrogens is 1. The van der Waals surface area contributed by atoms with Gasteiger partial charge in [-0.25, -0.2) is 0 Å². The molecule has 0 fully saturated rings. The first-order chi connectivity index (χ1) is 3.80. The van der Waals surface area contributed by atoms with E-state index in [1.165, 1.54) is 0 Å². The molecule has 2 N–H and O–H groups in total. The van der Waals surface area contributed by atoms with Crippen LogP contribution in [-0.2, 0) is 0 Å². The van der Waals surface area contributed by atoms with E-state index in [4.69, 9.17) is 10.3 Å². The van der Waals surface area contributed by atoms with Crippen molar-refractivity contribution in [2.45, 2.75) is 13.0 Å². The Morgan fingerprint density at radius 3 is 2.88 bits per heavy atom. The van der Waals surface area contributed by atoms with Gasteiger partial charge in [0.15, 0.2) is 5.76 Å². The van der Waals surface area contributed by atoms with Crippen molar-refractivity contribution >= 4 is 0 Å². The fraction of sp³-hybridized carbons (Fsp3) is 0.400. The molecule has 0 bridgehead atoms. The van der Waals surface area contributed by atoms with Crippen LogP contribution in [0.15, 0.2) is 16.8 Å². The Bertz CT molecular complexity index is 145. The van der Waals surface area contributed by atoms with E-state index in [9.17, 15) is 0 Å². The predicted octanol–water partition coefficient (Wildman–Crippen LogP) is 0.694. The molecule has 1 heterocycles. The van der Waals surface area contributed by atoms with Crippen LogP contribution in [0.3, 0.4) is 0 Å². The maximum atomic E-state index is 5.42. The number of rotatable bonds is 1. The van der Waals surface area contributed by atoms with Gasteiger partial charge in [-0.05, 0) is 6.92 Å². The summed E-state index contributed by atoms with van der Waals surface area (Å²) in [5, 5.41) is 3.49. The molecule has 0 aliphatic carbocycles. The molecule has 1 rings (SSSR count). The van der Waals surface area contributed by atoms with Crippen molar-refractivity contribution in [2.75, 3.05) is 0 Å². The van der Waals surface area contributed by atoms with Crippen molar-refractivity contribution in [2.24, 2.45) is 5.73 Å². The highest BCUT2D eigenvalue weighted by atomic mass is 16.5.